The summed E-state index contributed by atoms with van der Waals surface area (Å²) < 4.78 is 5.24. The molecular formula is C27H28N2O2. The highest BCUT2D eigenvalue weighted by Gasteiger charge is 2.36. The summed E-state index contributed by atoms with van der Waals surface area (Å²) in [5.41, 5.74) is 7.14. The number of esters is 1. The molecule has 0 radical (unpaired) electrons. The van der Waals surface area contributed by atoms with E-state index in [0.717, 1.165) is 22.5 Å². The van der Waals surface area contributed by atoms with Gasteiger partial charge in [-0.05, 0) is 48.2 Å². The number of benzene rings is 3. The second kappa shape index (κ2) is 9.19. The maximum Gasteiger partial charge on any atom is 0.337 e. The molecule has 0 unspecified atom stereocenters. The molecule has 4 heteroatoms. The van der Waals surface area contributed by atoms with Crippen molar-refractivity contribution >= 4 is 11.7 Å². The van der Waals surface area contributed by atoms with Gasteiger partial charge in [0.1, 0.15) is 0 Å². The van der Waals surface area contributed by atoms with E-state index in [4.69, 9.17) is 4.74 Å². The number of carbonyl (C=O) groups excluding carboxylic acids is 1. The minimum atomic E-state index is -0.317. The summed E-state index contributed by atoms with van der Waals surface area (Å²) >= 11 is 0. The van der Waals surface area contributed by atoms with Crippen LogP contribution in [0.5, 0.6) is 0 Å². The van der Waals surface area contributed by atoms with Crippen LogP contribution in [0.15, 0.2) is 90.1 Å². The summed E-state index contributed by atoms with van der Waals surface area (Å²) in [6.07, 6.45) is 0.659. The smallest absolute Gasteiger partial charge is 0.337 e. The Bertz CT molecular complexity index is 1100. The molecule has 158 valence electrons. The molecule has 0 aliphatic carbocycles. The minimum absolute atomic E-state index is 0.0606. The molecule has 3 aromatic carbocycles. The molecule has 0 saturated heterocycles. The Balaban J connectivity index is 1.86. The zero-order valence-electron chi connectivity index (χ0n) is 18.2. The van der Waals surface area contributed by atoms with Crippen molar-refractivity contribution < 1.29 is 9.53 Å². The molecule has 0 spiro atoms. The van der Waals surface area contributed by atoms with Crippen molar-refractivity contribution in [3.63, 3.8) is 0 Å². The number of hydrogen-bond donors (Lipinski definition) is 2. The monoisotopic (exact) mass is 412 g/mol. The van der Waals surface area contributed by atoms with Crippen molar-refractivity contribution in [2.45, 2.75) is 32.4 Å². The first-order chi connectivity index (χ1) is 15.1. The summed E-state index contributed by atoms with van der Waals surface area (Å²) in [7, 11) is 1.44. The van der Waals surface area contributed by atoms with E-state index in [1.807, 2.05) is 42.5 Å². The zero-order valence-corrected chi connectivity index (χ0v) is 18.2. The third-order valence-electron chi connectivity index (χ3n) is 5.93. The predicted octanol–water partition coefficient (Wildman–Crippen LogP) is 5.62. The van der Waals surface area contributed by atoms with Crippen LogP contribution in [0, 0.1) is 13.8 Å². The fraction of sp³-hybridized carbons (Fsp3) is 0.222. The van der Waals surface area contributed by atoms with E-state index in [0.29, 0.717) is 12.0 Å². The average Bonchev–Trinajstić information content (AvgIpc) is 2.79. The lowest BCUT2D eigenvalue weighted by molar-refractivity contribution is -0.136. The van der Waals surface area contributed by atoms with Crippen molar-refractivity contribution in [1.82, 2.24) is 5.32 Å². The largest absolute Gasteiger partial charge is 0.466 e. The molecule has 0 amide bonds. The van der Waals surface area contributed by atoms with Crippen LogP contribution in [0.1, 0.15) is 40.8 Å². The Labute approximate surface area is 184 Å². The van der Waals surface area contributed by atoms with Gasteiger partial charge >= 0.3 is 5.97 Å². The Hall–Kier alpha value is -3.37. The summed E-state index contributed by atoms with van der Waals surface area (Å²) in [5.74, 6) is -0.317. The van der Waals surface area contributed by atoms with E-state index in [2.05, 4.69) is 60.9 Å². The quantitative estimate of drug-likeness (QED) is 0.534. The van der Waals surface area contributed by atoms with E-state index in [9.17, 15) is 4.79 Å². The van der Waals surface area contributed by atoms with Gasteiger partial charge in [-0.15, -0.1) is 0 Å². The molecule has 1 heterocycles. The number of methoxy groups -OCH3 is 1. The highest BCUT2D eigenvalue weighted by molar-refractivity contribution is 5.92. The fourth-order valence-electron chi connectivity index (χ4n) is 4.33. The standard InChI is InChI=1S/C27H28N2O2/c1-18-11-7-9-15-21(18)23-17-24(28-20-13-5-4-6-14-20)25(27(30)31-3)26(29-23)22-16-10-8-12-19(22)2/h4-16,23,26,28-29H,17H2,1-3H3/t23-,26+/m0/s1. The average molecular weight is 413 g/mol. The van der Waals surface area contributed by atoms with Crippen LogP contribution in [0.3, 0.4) is 0 Å². The predicted molar refractivity (Wildman–Crippen MR) is 125 cm³/mol. The van der Waals surface area contributed by atoms with E-state index in [1.54, 1.807) is 0 Å². The van der Waals surface area contributed by atoms with Crippen LogP contribution < -0.4 is 10.6 Å². The van der Waals surface area contributed by atoms with Gasteiger partial charge in [-0.2, -0.15) is 0 Å². The van der Waals surface area contributed by atoms with Gasteiger partial charge in [0.15, 0.2) is 0 Å². The highest BCUT2D eigenvalue weighted by Crippen LogP contribution is 2.39. The lowest BCUT2D eigenvalue weighted by Gasteiger charge is -2.36. The first-order valence-corrected chi connectivity index (χ1v) is 10.6. The number of aryl methyl sites for hydroxylation is 2. The van der Waals surface area contributed by atoms with Crippen LogP contribution in [0.25, 0.3) is 0 Å². The number of para-hydroxylation sites is 1. The van der Waals surface area contributed by atoms with E-state index < -0.39 is 0 Å². The number of ether oxygens (including phenoxy) is 1. The molecule has 3 aromatic rings. The highest BCUT2D eigenvalue weighted by atomic mass is 16.5. The molecule has 31 heavy (non-hydrogen) atoms. The van der Waals surface area contributed by atoms with Crippen molar-refractivity contribution in [1.29, 1.82) is 0 Å². The number of nitrogens with one attached hydrogen (secondary N) is 2. The van der Waals surface area contributed by atoms with Gasteiger partial charge in [0, 0.05) is 23.8 Å². The second-order valence-corrected chi connectivity index (χ2v) is 7.94. The third kappa shape index (κ3) is 4.39. The van der Waals surface area contributed by atoms with Gasteiger partial charge in [0.2, 0.25) is 0 Å². The van der Waals surface area contributed by atoms with Gasteiger partial charge in [0.05, 0.1) is 18.7 Å². The van der Waals surface area contributed by atoms with E-state index in [-0.39, 0.29) is 18.1 Å². The summed E-state index contributed by atoms with van der Waals surface area (Å²) in [5, 5.41) is 7.27. The molecule has 0 aromatic heterocycles. The van der Waals surface area contributed by atoms with Crippen molar-refractivity contribution in [2.75, 3.05) is 12.4 Å². The van der Waals surface area contributed by atoms with Gasteiger partial charge in [0.25, 0.3) is 0 Å². The number of hydrogen-bond acceptors (Lipinski definition) is 4. The SMILES string of the molecule is COC(=O)C1=C(Nc2ccccc2)C[C@@H](c2ccccc2C)N[C@@H]1c1ccccc1C. The van der Waals surface area contributed by atoms with Crippen LogP contribution in [0.4, 0.5) is 5.69 Å². The first kappa shape index (κ1) is 20.9. The van der Waals surface area contributed by atoms with Crippen LogP contribution in [-0.2, 0) is 9.53 Å². The molecule has 1 aliphatic rings. The molecule has 0 saturated carbocycles. The van der Waals surface area contributed by atoms with Gasteiger partial charge in [-0.3, -0.25) is 5.32 Å². The maximum atomic E-state index is 13.0. The summed E-state index contributed by atoms with van der Waals surface area (Å²) in [6, 6.07) is 26.4. The van der Waals surface area contributed by atoms with Crippen LogP contribution >= 0.6 is 0 Å². The molecule has 4 nitrogen and oxygen atoms in total. The Morgan fingerprint density at radius 2 is 1.45 bits per heavy atom. The minimum Gasteiger partial charge on any atom is -0.466 e. The van der Waals surface area contributed by atoms with Crippen LogP contribution in [-0.4, -0.2) is 13.1 Å². The van der Waals surface area contributed by atoms with Gasteiger partial charge in [-0.1, -0.05) is 66.7 Å². The molecular weight excluding hydrogens is 384 g/mol. The van der Waals surface area contributed by atoms with Crippen LogP contribution in [0.2, 0.25) is 0 Å². The normalized spacial score (nSPS) is 18.5. The molecule has 2 N–H and O–H groups in total. The molecule has 1 aliphatic heterocycles. The van der Waals surface area contributed by atoms with Crippen molar-refractivity contribution in [3.8, 4) is 0 Å². The second-order valence-electron chi connectivity index (χ2n) is 7.94. The fourth-order valence-corrected chi connectivity index (χ4v) is 4.33. The third-order valence-corrected chi connectivity index (χ3v) is 5.93. The maximum absolute atomic E-state index is 13.0. The Kier molecular flexibility index (Phi) is 6.19. The van der Waals surface area contributed by atoms with E-state index in [1.165, 1.54) is 18.2 Å². The molecule has 0 bridgehead atoms. The van der Waals surface area contributed by atoms with Gasteiger partial charge in [-0.25, -0.2) is 4.79 Å². The van der Waals surface area contributed by atoms with Crippen molar-refractivity contribution in [2.24, 2.45) is 0 Å². The van der Waals surface area contributed by atoms with Crippen molar-refractivity contribution in [3.05, 3.63) is 112 Å². The number of carbonyl (C=O) groups is 1. The first-order valence-electron chi connectivity index (χ1n) is 10.6. The topological polar surface area (TPSA) is 50.4 Å². The lowest BCUT2D eigenvalue weighted by atomic mass is 9.84. The number of rotatable bonds is 5. The molecule has 0 fully saturated rings. The van der Waals surface area contributed by atoms with E-state index >= 15 is 0 Å². The van der Waals surface area contributed by atoms with Gasteiger partial charge < -0.3 is 10.1 Å². The Morgan fingerprint density at radius 1 is 0.871 bits per heavy atom. The lowest BCUT2D eigenvalue weighted by Crippen LogP contribution is -2.38. The number of anilines is 1. The summed E-state index contributed by atoms with van der Waals surface area (Å²) in [6.45, 7) is 4.21. The molecule has 4 rings (SSSR count). The summed E-state index contributed by atoms with van der Waals surface area (Å²) in [4.78, 5) is 13.0. The zero-order chi connectivity index (χ0) is 21.8. The molecule has 2 atom stereocenters. The Morgan fingerprint density at radius 3 is 2.06 bits per heavy atom.